The average Bonchev–Trinajstić information content (AvgIpc) is 2.52. The van der Waals surface area contributed by atoms with E-state index >= 15 is 0 Å². The predicted octanol–water partition coefficient (Wildman–Crippen LogP) is 3.93. The summed E-state index contributed by atoms with van der Waals surface area (Å²) in [5.74, 6) is -0.292. The molecule has 6 heteroatoms. The van der Waals surface area contributed by atoms with Gasteiger partial charge in [0.25, 0.3) is 5.91 Å². The maximum absolute atomic E-state index is 12.6. The predicted molar refractivity (Wildman–Crippen MR) is 96.2 cm³/mol. The van der Waals surface area contributed by atoms with Gasteiger partial charge in [-0.25, -0.2) is 8.42 Å². The largest absolute Gasteiger partial charge is 0.345 e. The molecule has 0 spiro atoms. The van der Waals surface area contributed by atoms with E-state index < -0.39 is 9.84 Å². The van der Waals surface area contributed by atoms with E-state index in [0.29, 0.717) is 17.0 Å². The van der Waals surface area contributed by atoms with Gasteiger partial charge in [0.05, 0.1) is 10.9 Å². The van der Waals surface area contributed by atoms with E-state index in [4.69, 9.17) is 11.6 Å². The SMILES string of the molecule is CCC(NC(=O)c1cc(S(C)(=O)=O)ccc1C)c1ccc(Cl)cc1. The van der Waals surface area contributed by atoms with E-state index in [1.165, 1.54) is 12.1 Å². The molecule has 24 heavy (non-hydrogen) atoms. The molecule has 0 radical (unpaired) electrons. The van der Waals surface area contributed by atoms with Gasteiger partial charge in [0.15, 0.2) is 9.84 Å². The molecule has 0 aliphatic heterocycles. The number of carbonyl (C=O) groups excluding carboxylic acids is 1. The van der Waals surface area contributed by atoms with Crippen LogP contribution in [0.4, 0.5) is 0 Å². The third-order valence-electron chi connectivity index (χ3n) is 3.87. The lowest BCUT2D eigenvalue weighted by atomic mass is 10.0. The number of aryl methyl sites for hydroxylation is 1. The van der Waals surface area contributed by atoms with Gasteiger partial charge in [-0.15, -0.1) is 0 Å². The first-order valence-electron chi connectivity index (χ1n) is 7.59. The van der Waals surface area contributed by atoms with Crippen LogP contribution in [0.2, 0.25) is 5.02 Å². The van der Waals surface area contributed by atoms with Gasteiger partial charge in [-0.3, -0.25) is 4.79 Å². The fourth-order valence-corrected chi connectivity index (χ4v) is 3.20. The molecule has 0 aromatic heterocycles. The second-order valence-electron chi connectivity index (χ2n) is 5.73. The minimum atomic E-state index is -3.36. The van der Waals surface area contributed by atoms with Crippen molar-refractivity contribution in [2.75, 3.05) is 6.26 Å². The van der Waals surface area contributed by atoms with E-state index in [1.54, 1.807) is 25.1 Å². The number of halogens is 1. The van der Waals surface area contributed by atoms with Crippen molar-refractivity contribution in [2.45, 2.75) is 31.2 Å². The van der Waals surface area contributed by atoms with Crippen LogP contribution in [-0.2, 0) is 9.84 Å². The number of sulfone groups is 1. The smallest absolute Gasteiger partial charge is 0.252 e. The van der Waals surface area contributed by atoms with Crippen molar-refractivity contribution in [3.8, 4) is 0 Å². The van der Waals surface area contributed by atoms with Crippen molar-refractivity contribution in [1.29, 1.82) is 0 Å². The summed E-state index contributed by atoms with van der Waals surface area (Å²) in [5, 5.41) is 3.60. The van der Waals surface area contributed by atoms with Gasteiger partial charge in [-0.1, -0.05) is 36.7 Å². The van der Waals surface area contributed by atoms with Gasteiger partial charge in [0.2, 0.25) is 0 Å². The molecular weight excluding hydrogens is 346 g/mol. The summed E-state index contributed by atoms with van der Waals surface area (Å²) >= 11 is 5.90. The zero-order valence-corrected chi connectivity index (χ0v) is 15.4. The molecule has 4 nitrogen and oxygen atoms in total. The molecule has 0 aliphatic rings. The number of hydrogen-bond acceptors (Lipinski definition) is 3. The van der Waals surface area contributed by atoms with Crippen LogP contribution in [0.25, 0.3) is 0 Å². The van der Waals surface area contributed by atoms with E-state index in [2.05, 4.69) is 5.32 Å². The Morgan fingerprint density at radius 2 is 1.79 bits per heavy atom. The molecule has 0 aliphatic carbocycles. The molecule has 0 fully saturated rings. The van der Waals surface area contributed by atoms with Gasteiger partial charge in [0, 0.05) is 16.8 Å². The summed E-state index contributed by atoms with van der Waals surface area (Å²) in [6.07, 6.45) is 1.83. The Balaban J connectivity index is 2.29. The Morgan fingerprint density at radius 1 is 1.17 bits per heavy atom. The summed E-state index contributed by atoms with van der Waals surface area (Å²) < 4.78 is 23.4. The van der Waals surface area contributed by atoms with Gasteiger partial charge in [0.1, 0.15) is 0 Å². The molecule has 128 valence electrons. The molecule has 0 saturated heterocycles. The molecule has 0 saturated carbocycles. The highest BCUT2D eigenvalue weighted by atomic mass is 35.5. The second-order valence-corrected chi connectivity index (χ2v) is 8.19. The van der Waals surface area contributed by atoms with E-state index in [9.17, 15) is 13.2 Å². The van der Waals surface area contributed by atoms with Gasteiger partial charge in [-0.05, 0) is 48.7 Å². The van der Waals surface area contributed by atoms with Crippen LogP contribution >= 0.6 is 11.6 Å². The van der Waals surface area contributed by atoms with Crippen molar-refractivity contribution in [3.05, 3.63) is 64.2 Å². The van der Waals surface area contributed by atoms with E-state index in [-0.39, 0.29) is 16.8 Å². The van der Waals surface area contributed by atoms with Crippen LogP contribution < -0.4 is 5.32 Å². The van der Waals surface area contributed by atoms with Gasteiger partial charge < -0.3 is 5.32 Å². The van der Waals surface area contributed by atoms with Crippen LogP contribution in [0.5, 0.6) is 0 Å². The Bertz CT molecular complexity index is 845. The first-order valence-corrected chi connectivity index (χ1v) is 9.86. The molecule has 2 aromatic carbocycles. The molecule has 1 unspecified atom stereocenters. The Labute approximate surface area is 147 Å². The first-order chi connectivity index (χ1) is 11.2. The summed E-state index contributed by atoms with van der Waals surface area (Å²) in [4.78, 5) is 12.8. The molecule has 2 rings (SSSR count). The summed E-state index contributed by atoms with van der Waals surface area (Å²) in [6, 6.07) is 11.7. The van der Waals surface area contributed by atoms with Crippen LogP contribution in [-0.4, -0.2) is 20.6 Å². The lowest BCUT2D eigenvalue weighted by Crippen LogP contribution is -2.28. The summed E-state index contributed by atoms with van der Waals surface area (Å²) in [7, 11) is -3.36. The number of nitrogens with one attached hydrogen (secondary N) is 1. The summed E-state index contributed by atoms with van der Waals surface area (Å²) in [5.41, 5.74) is 2.04. The van der Waals surface area contributed by atoms with Gasteiger partial charge in [-0.2, -0.15) is 0 Å². The van der Waals surface area contributed by atoms with Crippen LogP contribution in [0, 0.1) is 6.92 Å². The minimum Gasteiger partial charge on any atom is -0.345 e. The molecule has 2 aromatic rings. The van der Waals surface area contributed by atoms with Gasteiger partial charge >= 0.3 is 0 Å². The molecule has 1 N–H and O–H groups in total. The molecule has 1 amide bonds. The highest BCUT2D eigenvalue weighted by Crippen LogP contribution is 2.21. The molecule has 1 atom stereocenters. The minimum absolute atomic E-state index is 0.137. The maximum atomic E-state index is 12.6. The van der Waals surface area contributed by atoms with Crippen LogP contribution in [0.1, 0.15) is 40.9 Å². The van der Waals surface area contributed by atoms with E-state index in [0.717, 1.165) is 17.4 Å². The zero-order chi connectivity index (χ0) is 17.9. The normalized spacial score (nSPS) is 12.7. The third-order valence-corrected chi connectivity index (χ3v) is 5.23. The Kier molecular flexibility index (Phi) is 5.67. The number of hydrogen-bond donors (Lipinski definition) is 1. The van der Waals surface area contributed by atoms with Crippen molar-refractivity contribution >= 4 is 27.3 Å². The third kappa shape index (κ3) is 4.36. The quantitative estimate of drug-likeness (QED) is 0.873. The fraction of sp³-hybridized carbons (Fsp3) is 0.278. The summed E-state index contributed by atoms with van der Waals surface area (Å²) in [6.45, 7) is 3.75. The number of carbonyl (C=O) groups is 1. The highest BCUT2D eigenvalue weighted by molar-refractivity contribution is 7.90. The lowest BCUT2D eigenvalue weighted by molar-refractivity contribution is 0.0934. The highest BCUT2D eigenvalue weighted by Gasteiger charge is 2.18. The number of amides is 1. The van der Waals surface area contributed by atoms with E-state index in [1.807, 2.05) is 19.1 Å². The molecule has 0 bridgehead atoms. The monoisotopic (exact) mass is 365 g/mol. The van der Waals surface area contributed by atoms with Crippen LogP contribution in [0.15, 0.2) is 47.4 Å². The number of benzene rings is 2. The number of rotatable bonds is 5. The zero-order valence-electron chi connectivity index (χ0n) is 13.8. The molecular formula is C18H20ClNO3S. The molecule has 0 heterocycles. The first kappa shape index (κ1) is 18.5. The lowest BCUT2D eigenvalue weighted by Gasteiger charge is -2.18. The van der Waals surface area contributed by atoms with Crippen molar-refractivity contribution in [1.82, 2.24) is 5.32 Å². The standard InChI is InChI=1S/C18H20ClNO3S/c1-4-17(13-6-8-14(19)9-7-13)20-18(21)16-11-15(24(3,22)23)10-5-12(16)2/h5-11,17H,4H2,1-3H3,(H,20,21). The van der Waals surface area contributed by atoms with Crippen LogP contribution in [0.3, 0.4) is 0 Å². The average molecular weight is 366 g/mol. The van der Waals surface area contributed by atoms with Crippen molar-refractivity contribution in [2.24, 2.45) is 0 Å². The Morgan fingerprint density at radius 3 is 2.33 bits per heavy atom. The van der Waals surface area contributed by atoms with Crippen molar-refractivity contribution in [3.63, 3.8) is 0 Å². The maximum Gasteiger partial charge on any atom is 0.252 e. The Hall–Kier alpha value is -1.85. The van der Waals surface area contributed by atoms with Crippen molar-refractivity contribution < 1.29 is 13.2 Å². The topological polar surface area (TPSA) is 63.2 Å². The fourth-order valence-electron chi connectivity index (χ4n) is 2.43. The second kappa shape index (κ2) is 7.36.